The summed E-state index contributed by atoms with van der Waals surface area (Å²) >= 11 is 0. The molecule has 0 aromatic heterocycles. The molecule has 0 aliphatic heterocycles. The summed E-state index contributed by atoms with van der Waals surface area (Å²) in [5.74, 6) is 1.77. The smallest absolute Gasteiger partial charge is 0.00149 e. The number of unbranched alkanes of at least 4 members (excludes halogenated alkanes) is 1. The molecular formula is C14H29N. The normalized spacial score (nSPS) is 29.8. The topological polar surface area (TPSA) is 12.0 Å². The molecule has 0 heterocycles. The van der Waals surface area contributed by atoms with Gasteiger partial charge in [-0.1, -0.05) is 47.0 Å². The standard InChI is InChI=1S/C14H29N/c1-5-7-8-14(6-2)9-13(14)11-15-10-12(3)4/h12-13,15H,5-11H2,1-4H3. The minimum absolute atomic E-state index is 0.736. The molecule has 0 spiro atoms. The van der Waals surface area contributed by atoms with E-state index < -0.39 is 0 Å². The van der Waals surface area contributed by atoms with Crippen LogP contribution >= 0.6 is 0 Å². The Morgan fingerprint density at radius 1 is 1.33 bits per heavy atom. The minimum Gasteiger partial charge on any atom is -0.316 e. The van der Waals surface area contributed by atoms with E-state index in [9.17, 15) is 0 Å². The minimum atomic E-state index is 0.736. The summed E-state index contributed by atoms with van der Waals surface area (Å²) in [5.41, 5.74) is 0.736. The summed E-state index contributed by atoms with van der Waals surface area (Å²) in [6.45, 7) is 11.7. The molecule has 2 unspecified atom stereocenters. The van der Waals surface area contributed by atoms with Gasteiger partial charge in [-0.3, -0.25) is 0 Å². The summed E-state index contributed by atoms with van der Waals surface area (Å²) < 4.78 is 0. The Morgan fingerprint density at radius 2 is 2.07 bits per heavy atom. The lowest BCUT2D eigenvalue weighted by molar-refractivity contribution is 0.376. The molecule has 0 radical (unpaired) electrons. The molecule has 1 nitrogen and oxygen atoms in total. The first-order chi connectivity index (χ1) is 7.14. The average molecular weight is 211 g/mol. The van der Waals surface area contributed by atoms with Gasteiger partial charge in [0.2, 0.25) is 0 Å². The van der Waals surface area contributed by atoms with Crippen LogP contribution in [-0.4, -0.2) is 13.1 Å². The molecule has 0 aromatic carbocycles. The zero-order valence-electron chi connectivity index (χ0n) is 11.1. The monoisotopic (exact) mass is 211 g/mol. The molecule has 2 atom stereocenters. The number of hydrogen-bond acceptors (Lipinski definition) is 1. The Labute approximate surface area is 96.0 Å². The molecule has 90 valence electrons. The van der Waals surface area contributed by atoms with Crippen LogP contribution in [-0.2, 0) is 0 Å². The van der Waals surface area contributed by atoms with Crippen molar-refractivity contribution in [1.29, 1.82) is 0 Å². The highest BCUT2D eigenvalue weighted by atomic mass is 14.9. The van der Waals surface area contributed by atoms with Gasteiger partial charge in [-0.15, -0.1) is 0 Å². The number of nitrogens with one attached hydrogen (secondary N) is 1. The fraction of sp³-hybridized carbons (Fsp3) is 1.00. The van der Waals surface area contributed by atoms with Crippen molar-refractivity contribution in [3.8, 4) is 0 Å². The molecule has 0 bridgehead atoms. The zero-order chi connectivity index (χ0) is 11.3. The van der Waals surface area contributed by atoms with Crippen molar-refractivity contribution < 1.29 is 0 Å². The third-order valence-corrected chi connectivity index (χ3v) is 4.03. The van der Waals surface area contributed by atoms with Crippen LogP contribution in [0.25, 0.3) is 0 Å². The largest absolute Gasteiger partial charge is 0.316 e. The van der Waals surface area contributed by atoms with Crippen LogP contribution in [0.1, 0.15) is 59.8 Å². The first-order valence-electron chi connectivity index (χ1n) is 6.85. The van der Waals surface area contributed by atoms with Gasteiger partial charge in [0.25, 0.3) is 0 Å². The summed E-state index contributed by atoms with van der Waals surface area (Å²) in [4.78, 5) is 0. The fourth-order valence-electron chi connectivity index (χ4n) is 2.71. The Balaban J connectivity index is 2.17. The van der Waals surface area contributed by atoms with Crippen molar-refractivity contribution >= 4 is 0 Å². The lowest BCUT2D eigenvalue weighted by Gasteiger charge is -2.15. The maximum atomic E-state index is 3.61. The van der Waals surface area contributed by atoms with E-state index in [1.54, 1.807) is 0 Å². The van der Waals surface area contributed by atoms with Gasteiger partial charge < -0.3 is 5.32 Å². The number of hydrogen-bond donors (Lipinski definition) is 1. The molecule has 0 aromatic rings. The molecule has 1 aliphatic carbocycles. The highest BCUT2D eigenvalue weighted by molar-refractivity contribution is 5.01. The van der Waals surface area contributed by atoms with Gasteiger partial charge in [0.15, 0.2) is 0 Å². The van der Waals surface area contributed by atoms with Gasteiger partial charge in [-0.25, -0.2) is 0 Å². The van der Waals surface area contributed by atoms with Gasteiger partial charge >= 0.3 is 0 Å². The van der Waals surface area contributed by atoms with Crippen molar-refractivity contribution in [1.82, 2.24) is 5.32 Å². The van der Waals surface area contributed by atoms with Gasteiger partial charge in [-0.05, 0) is 43.2 Å². The first-order valence-corrected chi connectivity index (χ1v) is 6.85. The molecule has 1 heteroatoms. The SMILES string of the molecule is CCCCC1(CC)CC1CNCC(C)C. The van der Waals surface area contributed by atoms with Crippen molar-refractivity contribution in [3.05, 3.63) is 0 Å². The second kappa shape index (κ2) is 5.89. The molecular weight excluding hydrogens is 182 g/mol. The summed E-state index contributed by atoms with van der Waals surface area (Å²) in [6, 6.07) is 0. The van der Waals surface area contributed by atoms with Crippen LogP contribution in [0.3, 0.4) is 0 Å². The predicted octanol–water partition coefficient (Wildman–Crippen LogP) is 3.84. The van der Waals surface area contributed by atoms with Crippen molar-refractivity contribution in [2.45, 2.75) is 59.8 Å². The second-order valence-electron chi connectivity index (χ2n) is 5.77. The number of rotatable bonds is 8. The highest BCUT2D eigenvalue weighted by Crippen LogP contribution is 2.58. The quantitative estimate of drug-likeness (QED) is 0.643. The first kappa shape index (κ1) is 13.0. The van der Waals surface area contributed by atoms with Crippen LogP contribution in [0.4, 0.5) is 0 Å². The molecule has 1 aliphatic rings. The van der Waals surface area contributed by atoms with Gasteiger partial charge in [0, 0.05) is 0 Å². The van der Waals surface area contributed by atoms with Gasteiger partial charge in [0.05, 0.1) is 0 Å². The Morgan fingerprint density at radius 3 is 2.60 bits per heavy atom. The highest BCUT2D eigenvalue weighted by Gasteiger charge is 2.50. The molecule has 1 fully saturated rings. The van der Waals surface area contributed by atoms with E-state index in [0.29, 0.717) is 0 Å². The molecule has 0 saturated heterocycles. The lowest BCUT2D eigenvalue weighted by Crippen LogP contribution is -2.23. The zero-order valence-corrected chi connectivity index (χ0v) is 11.1. The fourth-order valence-corrected chi connectivity index (χ4v) is 2.71. The molecule has 1 saturated carbocycles. The predicted molar refractivity (Wildman–Crippen MR) is 68.1 cm³/mol. The summed E-state index contributed by atoms with van der Waals surface area (Å²) in [6.07, 6.45) is 7.12. The summed E-state index contributed by atoms with van der Waals surface area (Å²) in [5, 5.41) is 3.61. The second-order valence-corrected chi connectivity index (χ2v) is 5.77. The lowest BCUT2D eigenvalue weighted by atomic mass is 9.93. The van der Waals surface area contributed by atoms with Crippen LogP contribution in [0, 0.1) is 17.3 Å². The maximum Gasteiger partial charge on any atom is -0.00149 e. The summed E-state index contributed by atoms with van der Waals surface area (Å²) in [7, 11) is 0. The van der Waals surface area contributed by atoms with Crippen molar-refractivity contribution in [3.63, 3.8) is 0 Å². The molecule has 15 heavy (non-hydrogen) atoms. The van der Waals surface area contributed by atoms with E-state index >= 15 is 0 Å². The van der Waals surface area contributed by atoms with Crippen LogP contribution in [0.15, 0.2) is 0 Å². The Hall–Kier alpha value is -0.0400. The van der Waals surface area contributed by atoms with E-state index in [-0.39, 0.29) is 0 Å². The van der Waals surface area contributed by atoms with Crippen LogP contribution < -0.4 is 5.32 Å². The average Bonchev–Trinajstić information content (AvgIpc) is 2.89. The van der Waals surface area contributed by atoms with Crippen LogP contribution in [0.5, 0.6) is 0 Å². The molecule has 0 amide bonds. The third kappa shape index (κ3) is 3.79. The van der Waals surface area contributed by atoms with E-state index in [2.05, 4.69) is 33.0 Å². The molecule has 1 N–H and O–H groups in total. The van der Waals surface area contributed by atoms with Gasteiger partial charge in [0.1, 0.15) is 0 Å². The Bertz CT molecular complexity index is 176. The Kier molecular flexibility index (Phi) is 5.11. The van der Waals surface area contributed by atoms with E-state index in [0.717, 1.165) is 17.3 Å². The van der Waals surface area contributed by atoms with Gasteiger partial charge in [-0.2, -0.15) is 0 Å². The van der Waals surface area contributed by atoms with E-state index in [1.807, 2.05) is 0 Å². The third-order valence-electron chi connectivity index (χ3n) is 4.03. The maximum absolute atomic E-state index is 3.61. The van der Waals surface area contributed by atoms with Crippen molar-refractivity contribution in [2.75, 3.05) is 13.1 Å². The van der Waals surface area contributed by atoms with E-state index in [1.165, 1.54) is 45.2 Å². The van der Waals surface area contributed by atoms with Crippen molar-refractivity contribution in [2.24, 2.45) is 17.3 Å². The van der Waals surface area contributed by atoms with Crippen LogP contribution in [0.2, 0.25) is 0 Å². The molecule has 1 rings (SSSR count). The van der Waals surface area contributed by atoms with E-state index in [4.69, 9.17) is 0 Å².